The molecule has 0 aliphatic carbocycles. The van der Waals surface area contributed by atoms with E-state index in [-0.39, 0.29) is 17.7 Å². The number of nitrogens with two attached hydrogens (primary N) is 1. The summed E-state index contributed by atoms with van der Waals surface area (Å²) in [5.74, 6) is 1.16. The lowest BCUT2D eigenvalue weighted by Gasteiger charge is -2.33. The number of hydrogen-bond donors (Lipinski definition) is 2. The molecule has 31 heavy (non-hydrogen) atoms. The number of piperidine rings is 1. The highest BCUT2D eigenvalue weighted by atomic mass is 32.1. The summed E-state index contributed by atoms with van der Waals surface area (Å²) in [5, 5.41) is 4.05. The first kappa shape index (κ1) is 23.5. The Balaban J connectivity index is 1.81. The summed E-state index contributed by atoms with van der Waals surface area (Å²) < 4.78 is 1.06. The number of thiophene rings is 1. The predicted molar refractivity (Wildman–Crippen MR) is 128 cm³/mol. The molecule has 1 aliphatic heterocycles. The summed E-state index contributed by atoms with van der Waals surface area (Å²) in [4.78, 5) is 33.7. The first-order chi connectivity index (χ1) is 14.9. The van der Waals surface area contributed by atoms with Crippen molar-refractivity contribution in [2.45, 2.75) is 71.8 Å². The highest BCUT2D eigenvalue weighted by Gasteiger charge is 2.30. The molecule has 0 aromatic carbocycles. The molecule has 0 saturated carbocycles. The predicted octanol–water partition coefficient (Wildman–Crippen LogP) is 4.38. The van der Waals surface area contributed by atoms with Crippen molar-refractivity contribution >= 4 is 39.1 Å². The van der Waals surface area contributed by atoms with Crippen molar-refractivity contribution in [2.24, 2.45) is 11.8 Å². The van der Waals surface area contributed by atoms with E-state index in [2.05, 4.69) is 31.1 Å². The minimum absolute atomic E-state index is 0.00900. The highest BCUT2D eigenvalue weighted by molar-refractivity contribution is 7.19. The Kier molecular flexibility index (Phi) is 8.29. The van der Waals surface area contributed by atoms with Gasteiger partial charge in [0.25, 0.3) is 0 Å². The van der Waals surface area contributed by atoms with E-state index in [1.165, 1.54) is 0 Å². The molecule has 1 unspecified atom stereocenters. The van der Waals surface area contributed by atoms with Gasteiger partial charge in [-0.1, -0.05) is 33.6 Å². The van der Waals surface area contributed by atoms with Gasteiger partial charge in [0, 0.05) is 46.6 Å². The normalized spacial score (nSPS) is 16.1. The molecule has 0 radical (unpaired) electrons. The molecule has 1 fully saturated rings. The molecule has 1 aliphatic rings. The van der Waals surface area contributed by atoms with Crippen LogP contribution in [0, 0.1) is 11.8 Å². The molecule has 170 valence electrons. The van der Waals surface area contributed by atoms with Gasteiger partial charge in [-0.3, -0.25) is 9.59 Å². The van der Waals surface area contributed by atoms with Crippen molar-refractivity contribution in [3.05, 3.63) is 23.2 Å². The largest absolute Gasteiger partial charge is 0.383 e. The molecule has 2 aromatic heterocycles. The van der Waals surface area contributed by atoms with Crippen LogP contribution in [0.1, 0.15) is 64.2 Å². The molecule has 1 atom stereocenters. The monoisotopic (exact) mass is 444 g/mol. The van der Waals surface area contributed by atoms with Gasteiger partial charge in [0.15, 0.2) is 0 Å². The molecule has 7 heteroatoms. The fraction of sp³-hybridized carbons (Fsp3) is 0.625. The van der Waals surface area contributed by atoms with Gasteiger partial charge in [-0.05, 0) is 43.7 Å². The fourth-order valence-corrected chi connectivity index (χ4v) is 5.49. The van der Waals surface area contributed by atoms with Crippen LogP contribution >= 0.6 is 11.3 Å². The lowest BCUT2D eigenvalue weighted by atomic mass is 9.96. The number of nitrogens with one attached hydrogen (secondary N) is 1. The standard InChI is InChI=1S/C24H36N4O2S/c1-4-6-17(7-5-2)23(29)27-20(24(30)28-12-9-16(3)10-13-28)15-18-14-19-21(31-18)8-11-26-22(19)25/h8,11,14,16-17,20H,4-7,9-10,12-13,15H2,1-3H3,(H2,25,26)(H,27,29). The summed E-state index contributed by atoms with van der Waals surface area (Å²) in [6, 6.07) is 3.42. The van der Waals surface area contributed by atoms with Gasteiger partial charge in [-0.25, -0.2) is 4.98 Å². The first-order valence-electron chi connectivity index (χ1n) is 11.6. The molecule has 0 spiro atoms. The number of amides is 2. The third kappa shape index (κ3) is 5.97. The van der Waals surface area contributed by atoms with Crippen LogP contribution in [0.5, 0.6) is 0 Å². The molecule has 2 amide bonds. The molecular weight excluding hydrogens is 408 g/mol. The number of carbonyl (C=O) groups is 2. The third-order valence-corrected chi connectivity index (χ3v) is 7.41. The number of carbonyl (C=O) groups excluding carboxylic acids is 2. The number of nitrogen functional groups attached to an aromatic ring is 1. The van der Waals surface area contributed by atoms with Gasteiger partial charge in [0.05, 0.1) is 0 Å². The Morgan fingerprint density at radius 1 is 1.26 bits per heavy atom. The number of anilines is 1. The summed E-state index contributed by atoms with van der Waals surface area (Å²) in [7, 11) is 0. The number of hydrogen-bond acceptors (Lipinski definition) is 5. The summed E-state index contributed by atoms with van der Waals surface area (Å²) in [5.41, 5.74) is 6.03. The van der Waals surface area contributed by atoms with Gasteiger partial charge in [-0.15, -0.1) is 11.3 Å². The van der Waals surface area contributed by atoms with Crippen LogP contribution in [0.15, 0.2) is 18.3 Å². The van der Waals surface area contributed by atoms with E-state index in [9.17, 15) is 9.59 Å². The van der Waals surface area contributed by atoms with Crippen LogP contribution in [0.4, 0.5) is 5.82 Å². The number of likely N-dealkylation sites (tertiary alicyclic amines) is 1. The zero-order chi connectivity index (χ0) is 22.4. The molecule has 3 heterocycles. The lowest BCUT2D eigenvalue weighted by Crippen LogP contribution is -2.52. The van der Waals surface area contributed by atoms with Crippen molar-refractivity contribution in [3.8, 4) is 0 Å². The van der Waals surface area contributed by atoms with Gasteiger partial charge >= 0.3 is 0 Å². The van der Waals surface area contributed by atoms with E-state index in [0.29, 0.717) is 18.2 Å². The van der Waals surface area contributed by atoms with Crippen LogP contribution in [0.25, 0.3) is 10.1 Å². The van der Waals surface area contributed by atoms with E-state index < -0.39 is 6.04 Å². The molecular formula is C24H36N4O2S. The van der Waals surface area contributed by atoms with Gasteiger partial charge < -0.3 is 16.0 Å². The molecule has 3 rings (SSSR count). The number of rotatable bonds is 9. The molecule has 3 N–H and O–H groups in total. The van der Waals surface area contributed by atoms with Crippen molar-refractivity contribution < 1.29 is 9.59 Å². The second-order valence-corrected chi connectivity index (χ2v) is 10.0. The molecule has 2 aromatic rings. The SMILES string of the molecule is CCCC(CCC)C(=O)NC(Cc1cc2c(N)nccc2s1)C(=O)N1CCC(C)CC1. The smallest absolute Gasteiger partial charge is 0.245 e. The number of nitrogens with zero attached hydrogens (tertiary/aromatic N) is 2. The third-order valence-electron chi connectivity index (χ3n) is 6.29. The Labute approximate surface area is 189 Å². The van der Waals surface area contributed by atoms with E-state index in [0.717, 1.165) is 66.6 Å². The summed E-state index contributed by atoms with van der Waals surface area (Å²) >= 11 is 1.62. The van der Waals surface area contributed by atoms with Crippen molar-refractivity contribution in [1.82, 2.24) is 15.2 Å². The minimum atomic E-state index is -0.542. The number of fused-ring (bicyclic) bond motifs is 1. The second kappa shape index (κ2) is 10.9. The maximum absolute atomic E-state index is 13.4. The zero-order valence-corrected chi connectivity index (χ0v) is 19.8. The number of pyridine rings is 1. The maximum atomic E-state index is 13.4. The minimum Gasteiger partial charge on any atom is -0.383 e. The van der Waals surface area contributed by atoms with Crippen molar-refractivity contribution in [3.63, 3.8) is 0 Å². The average Bonchev–Trinajstić information content (AvgIpc) is 3.17. The molecule has 0 bridgehead atoms. The highest BCUT2D eigenvalue weighted by Crippen LogP contribution is 2.30. The van der Waals surface area contributed by atoms with Crippen LogP contribution in [-0.4, -0.2) is 40.8 Å². The number of aromatic nitrogens is 1. The van der Waals surface area contributed by atoms with E-state index in [1.54, 1.807) is 17.5 Å². The topological polar surface area (TPSA) is 88.3 Å². The Morgan fingerprint density at radius 3 is 2.55 bits per heavy atom. The van der Waals surface area contributed by atoms with Gasteiger partial charge in [0.2, 0.25) is 11.8 Å². The lowest BCUT2D eigenvalue weighted by molar-refractivity contribution is -0.138. The van der Waals surface area contributed by atoms with E-state index in [1.807, 2.05) is 17.0 Å². The average molecular weight is 445 g/mol. The Bertz CT molecular complexity index is 883. The van der Waals surface area contributed by atoms with Crippen LogP contribution in [0.3, 0.4) is 0 Å². The van der Waals surface area contributed by atoms with Crippen molar-refractivity contribution in [1.29, 1.82) is 0 Å². The second-order valence-electron chi connectivity index (χ2n) is 8.87. The Hall–Kier alpha value is -2.15. The van der Waals surface area contributed by atoms with Gasteiger partial charge in [-0.2, -0.15) is 0 Å². The molecule has 6 nitrogen and oxygen atoms in total. The summed E-state index contributed by atoms with van der Waals surface area (Å²) in [6.45, 7) is 7.97. The zero-order valence-electron chi connectivity index (χ0n) is 19.0. The maximum Gasteiger partial charge on any atom is 0.245 e. The summed E-state index contributed by atoms with van der Waals surface area (Å²) in [6.07, 6.45) is 7.86. The van der Waals surface area contributed by atoms with E-state index in [4.69, 9.17) is 5.73 Å². The van der Waals surface area contributed by atoms with Crippen LogP contribution < -0.4 is 11.1 Å². The fourth-order valence-electron chi connectivity index (χ4n) is 4.38. The van der Waals surface area contributed by atoms with Crippen molar-refractivity contribution in [2.75, 3.05) is 18.8 Å². The van der Waals surface area contributed by atoms with Crippen LogP contribution in [0.2, 0.25) is 0 Å². The van der Waals surface area contributed by atoms with Crippen LogP contribution in [-0.2, 0) is 16.0 Å². The first-order valence-corrected chi connectivity index (χ1v) is 12.5. The quantitative estimate of drug-likeness (QED) is 0.601. The van der Waals surface area contributed by atoms with E-state index >= 15 is 0 Å². The Morgan fingerprint density at radius 2 is 1.94 bits per heavy atom. The van der Waals surface area contributed by atoms with Gasteiger partial charge in [0.1, 0.15) is 11.9 Å². The molecule has 1 saturated heterocycles.